The molecule has 0 radical (unpaired) electrons. The number of nitro groups is 1. The first-order chi connectivity index (χ1) is 11.4. The van der Waals surface area contributed by atoms with Crippen molar-refractivity contribution in [2.75, 3.05) is 10.6 Å². The minimum atomic E-state index is -0.530. The van der Waals surface area contributed by atoms with Gasteiger partial charge in [0, 0.05) is 30.3 Å². The fourth-order valence-corrected chi connectivity index (χ4v) is 2.35. The topological polar surface area (TPSA) is 114 Å². The van der Waals surface area contributed by atoms with Gasteiger partial charge in [0.1, 0.15) is 5.71 Å². The number of amides is 2. The lowest BCUT2D eigenvalue weighted by molar-refractivity contribution is -0.384. The van der Waals surface area contributed by atoms with Crippen molar-refractivity contribution in [3.63, 3.8) is 0 Å². The van der Waals surface area contributed by atoms with Crippen LogP contribution >= 0.6 is 0 Å². The fourth-order valence-electron chi connectivity index (χ4n) is 2.35. The van der Waals surface area contributed by atoms with E-state index in [2.05, 4.69) is 15.6 Å². The van der Waals surface area contributed by atoms with Gasteiger partial charge < -0.3 is 10.6 Å². The molecular formula is C16H12N4O4. The van der Waals surface area contributed by atoms with E-state index in [4.69, 9.17) is 0 Å². The third-order valence-electron chi connectivity index (χ3n) is 3.34. The lowest BCUT2D eigenvalue weighted by atomic mass is 10.1. The van der Waals surface area contributed by atoms with Crippen molar-refractivity contribution in [1.29, 1.82) is 0 Å². The van der Waals surface area contributed by atoms with Gasteiger partial charge in [0.2, 0.25) is 5.91 Å². The van der Waals surface area contributed by atoms with Crippen molar-refractivity contribution in [3.05, 3.63) is 58.1 Å². The van der Waals surface area contributed by atoms with Crippen LogP contribution in [0.25, 0.3) is 0 Å². The Bertz CT molecular complexity index is 905. The molecule has 2 N–H and O–H groups in total. The molecule has 2 aromatic carbocycles. The molecule has 8 nitrogen and oxygen atoms in total. The molecule has 0 unspecified atom stereocenters. The molecule has 0 aliphatic carbocycles. The van der Waals surface area contributed by atoms with E-state index >= 15 is 0 Å². The average Bonchev–Trinajstić information content (AvgIpc) is 2.82. The number of rotatable bonds is 3. The minimum Gasteiger partial charge on any atom is -0.326 e. The van der Waals surface area contributed by atoms with E-state index in [1.165, 1.54) is 25.1 Å². The Labute approximate surface area is 136 Å². The number of fused-ring (bicyclic) bond motifs is 1. The number of nitrogens with zero attached hydrogens (tertiary/aromatic N) is 2. The molecule has 0 saturated carbocycles. The lowest BCUT2D eigenvalue weighted by Gasteiger charge is -2.03. The number of hydrogen-bond acceptors (Lipinski definition) is 5. The summed E-state index contributed by atoms with van der Waals surface area (Å²) in [5.74, 6) is -0.658. The average molecular weight is 324 g/mol. The molecule has 8 heteroatoms. The predicted octanol–water partition coefficient (Wildman–Crippen LogP) is 2.63. The van der Waals surface area contributed by atoms with Crippen molar-refractivity contribution in [2.24, 2.45) is 4.99 Å². The summed E-state index contributed by atoms with van der Waals surface area (Å²) >= 11 is 0. The summed E-state index contributed by atoms with van der Waals surface area (Å²) in [5.41, 5.74) is 1.81. The van der Waals surface area contributed by atoms with Crippen LogP contribution in [-0.2, 0) is 9.59 Å². The standard InChI is InChI=1S/C16H12N4O4/c1-9(21)17-10-3-2-4-11(7-10)18-15-13-8-12(20(23)24)5-6-14(13)19-16(15)22/h2-8H,1H3,(H,17,21)(H,18,19,22). The summed E-state index contributed by atoms with van der Waals surface area (Å²) in [6.45, 7) is 1.39. The molecular weight excluding hydrogens is 312 g/mol. The first-order valence-corrected chi connectivity index (χ1v) is 7.00. The van der Waals surface area contributed by atoms with E-state index in [9.17, 15) is 19.7 Å². The molecule has 1 aliphatic heterocycles. The maximum Gasteiger partial charge on any atom is 0.275 e. The van der Waals surface area contributed by atoms with Crippen LogP contribution in [0.3, 0.4) is 0 Å². The van der Waals surface area contributed by atoms with Crippen molar-refractivity contribution in [1.82, 2.24) is 0 Å². The summed E-state index contributed by atoms with van der Waals surface area (Å²) in [6, 6.07) is 10.8. The second-order valence-electron chi connectivity index (χ2n) is 5.13. The quantitative estimate of drug-likeness (QED) is 0.667. The van der Waals surface area contributed by atoms with Crippen LogP contribution in [0.1, 0.15) is 12.5 Å². The Kier molecular flexibility index (Phi) is 3.78. The van der Waals surface area contributed by atoms with Crippen LogP contribution in [0.5, 0.6) is 0 Å². The number of aliphatic imine (C=N–C) groups is 1. The molecule has 0 bridgehead atoms. The minimum absolute atomic E-state index is 0.0914. The Morgan fingerprint density at radius 3 is 2.75 bits per heavy atom. The molecule has 24 heavy (non-hydrogen) atoms. The highest BCUT2D eigenvalue weighted by Crippen LogP contribution is 2.29. The smallest absolute Gasteiger partial charge is 0.275 e. The third kappa shape index (κ3) is 2.98. The summed E-state index contributed by atoms with van der Waals surface area (Å²) in [5, 5.41) is 16.2. The van der Waals surface area contributed by atoms with Gasteiger partial charge in [-0.2, -0.15) is 0 Å². The molecule has 0 saturated heterocycles. The van der Waals surface area contributed by atoms with E-state index in [0.717, 1.165) is 0 Å². The second-order valence-corrected chi connectivity index (χ2v) is 5.13. The number of carbonyl (C=O) groups is 2. The molecule has 0 aromatic heterocycles. The highest BCUT2D eigenvalue weighted by molar-refractivity contribution is 6.54. The van der Waals surface area contributed by atoms with Crippen molar-refractivity contribution in [3.8, 4) is 0 Å². The van der Waals surface area contributed by atoms with Crippen LogP contribution < -0.4 is 10.6 Å². The highest BCUT2D eigenvalue weighted by Gasteiger charge is 2.28. The van der Waals surface area contributed by atoms with Gasteiger partial charge in [-0.05, 0) is 24.3 Å². The first kappa shape index (κ1) is 15.3. The van der Waals surface area contributed by atoms with E-state index in [1.54, 1.807) is 24.3 Å². The zero-order valence-corrected chi connectivity index (χ0v) is 12.6. The monoisotopic (exact) mass is 324 g/mol. The number of hydrogen-bond donors (Lipinski definition) is 2. The van der Waals surface area contributed by atoms with Gasteiger partial charge in [-0.1, -0.05) is 6.07 Å². The number of anilines is 2. The van der Waals surface area contributed by atoms with E-state index in [-0.39, 0.29) is 17.3 Å². The van der Waals surface area contributed by atoms with E-state index in [1.807, 2.05) is 0 Å². The van der Waals surface area contributed by atoms with Gasteiger partial charge in [-0.25, -0.2) is 4.99 Å². The molecule has 120 valence electrons. The van der Waals surface area contributed by atoms with Gasteiger partial charge in [-0.15, -0.1) is 0 Å². The number of carbonyl (C=O) groups excluding carboxylic acids is 2. The Balaban J connectivity index is 2.03. The number of nitrogens with one attached hydrogen (secondary N) is 2. The van der Waals surface area contributed by atoms with E-state index in [0.29, 0.717) is 22.6 Å². The van der Waals surface area contributed by atoms with Gasteiger partial charge in [0.25, 0.3) is 11.6 Å². The van der Waals surface area contributed by atoms with Gasteiger partial charge in [-0.3, -0.25) is 19.7 Å². The van der Waals surface area contributed by atoms with Crippen molar-refractivity contribution in [2.45, 2.75) is 6.92 Å². The van der Waals surface area contributed by atoms with Crippen molar-refractivity contribution >= 4 is 40.3 Å². The molecule has 3 rings (SSSR count). The molecule has 0 fully saturated rings. The Morgan fingerprint density at radius 2 is 2.04 bits per heavy atom. The highest BCUT2D eigenvalue weighted by atomic mass is 16.6. The Morgan fingerprint density at radius 1 is 1.25 bits per heavy atom. The second kappa shape index (κ2) is 5.92. The third-order valence-corrected chi connectivity index (χ3v) is 3.34. The fraction of sp³-hybridized carbons (Fsp3) is 0.0625. The molecule has 1 aliphatic rings. The molecule has 1 heterocycles. The van der Waals surface area contributed by atoms with Crippen LogP contribution in [0.4, 0.5) is 22.7 Å². The van der Waals surface area contributed by atoms with Crippen LogP contribution in [0.15, 0.2) is 47.5 Å². The maximum atomic E-state index is 12.1. The van der Waals surface area contributed by atoms with Crippen molar-refractivity contribution < 1.29 is 14.5 Å². The molecule has 0 atom stereocenters. The van der Waals surface area contributed by atoms with Crippen LogP contribution in [0.2, 0.25) is 0 Å². The molecule has 0 spiro atoms. The summed E-state index contributed by atoms with van der Waals surface area (Å²) in [6.07, 6.45) is 0. The zero-order chi connectivity index (χ0) is 17.3. The van der Waals surface area contributed by atoms with Gasteiger partial charge in [0.15, 0.2) is 0 Å². The number of nitro benzene ring substituents is 1. The molecule has 2 amide bonds. The van der Waals surface area contributed by atoms with Gasteiger partial charge in [0.05, 0.1) is 16.3 Å². The lowest BCUT2D eigenvalue weighted by Crippen LogP contribution is -2.14. The van der Waals surface area contributed by atoms with Crippen LogP contribution in [0, 0.1) is 10.1 Å². The SMILES string of the molecule is CC(=O)Nc1cccc(N=C2C(=O)Nc3ccc([N+](=O)[O-])cc32)c1. The zero-order valence-electron chi connectivity index (χ0n) is 12.6. The predicted molar refractivity (Wildman–Crippen MR) is 88.7 cm³/mol. The number of non-ortho nitro benzene ring substituents is 1. The Hall–Kier alpha value is -3.55. The van der Waals surface area contributed by atoms with E-state index < -0.39 is 10.8 Å². The summed E-state index contributed by atoms with van der Waals surface area (Å²) < 4.78 is 0. The maximum absolute atomic E-state index is 12.1. The first-order valence-electron chi connectivity index (χ1n) is 7.00. The largest absolute Gasteiger partial charge is 0.326 e. The molecule has 2 aromatic rings. The van der Waals surface area contributed by atoms with Gasteiger partial charge >= 0.3 is 0 Å². The summed E-state index contributed by atoms with van der Waals surface area (Å²) in [4.78, 5) is 37.9. The summed E-state index contributed by atoms with van der Waals surface area (Å²) in [7, 11) is 0. The van der Waals surface area contributed by atoms with Crippen LogP contribution in [-0.4, -0.2) is 22.4 Å². The normalized spacial score (nSPS) is 14.2. The number of benzene rings is 2.